The van der Waals surface area contributed by atoms with E-state index in [-0.39, 0.29) is 23.6 Å². The van der Waals surface area contributed by atoms with Gasteiger partial charge in [0.25, 0.3) is 5.91 Å². The zero-order valence-electron chi connectivity index (χ0n) is 16.0. The van der Waals surface area contributed by atoms with Gasteiger partial charge in [0, 0.05) is 20.0 Å². The largest absolute Gasteiger partial charge is 0.478 e. The van der Waals surface area contributed by atoms with E-state index in [9.17, 15) is 13.2 Å². The fourth-order valence-corrected chi connectivity index (χ4v) is 3.80. The Morgan fingerprint density at radius 2 is 1.88 bits per heavy atom. The molecule has 0 bridgehead atoms. The number of benzene rings is 1. The average Bonchev–Trinajstić information content (AvgIpc) is 2.95. The molecule has 1 aliphatic heterocycles. The molecular weight excluding hydrogens is 356 g/mol. The van der Waals surface area contributed by atoms with Gasteiger partial charge in [-0.25, -0.2) is 12.7 Å². The fourth-order valence-electron chi connectivity index (χ4n) is 2.63. The second-order valence-corrected chi connectivity index (χ2v) is 9.59. The average molecular weight is 384 g/mol. The van der Waals surface area contributed by atoms with Gasteiger partial charge in [0.15, 0.2) is 5.60 Å². The van der Waals surface area contributed by atoms with Crippen molar-refractivity contribution in [3.63, 3.8) is 0 Å². The van der Waals surface area contributed by atoms with Crippen molar-refractivity contribution >= 4 is 15.9 Å². The van der Waals surface area contributed by atoms with Gasteiger partial charge in [-0.2, -0.15) is 0 Å². The van der Waals surface area contributed by atoms with E-state index in [0.29, 0.717) is 19.0 Å². The molecule has 0 aliphatic carbocycles. The Morgan fingerprint density at radius 3 is 2.46 bits per heavy atom. The second-order valence-electron chi connectivity index (χ2n) is 7.36. The number of hydrogen-bond acceptors (Lipinski definition) is 5. The highest BCUT2D eigenvalue weighted by molar-refractivity contribution is 7.89. The van der Waals surface area contributed by atoms with Crippen LogP contribution < -0.4 is 10.1 Å². The summed E-state index contributed by atoms with van der Waals surface area (Å²) in [5.74, 6) is -0.0583. The Balaban J connectivity index is 2.01. The number of carbonyl (C=O) groups is 1. The summed E-state index contributed by atoms with van der Waals surface area (Å²) < 4.78 is 36.6. The summed E-state index contributed by atoms with van der Waals surface area (Å²) >= 11 is 0. The Labute approximate surface area is 155 Å². The van der Waals surface area contributed by atoms with Crippen molar-refractivity contribution in [1.29, 1.82) is 0 Å². The molecule has 0 spiro atoms. The predicted molar refractivity (Wildman–Crippen MR) is 99.6 cm³/mol. The number of carbonyl (C=O) groups excluding carboxylic acids is 1. The standard InChI is InChI=1S/C18H28N2O5S/c1-13-6-8-15(9-7-13)25-18(2,3)17(21)19-16-11-24-10-14(16)12-26(22,23)20(4)5/h6-9,14,16H,10-12H2,1-5H3,(H,19,21)/t14-,16+/m0/s1. The summed E-state index contributed by atoms with van der Waals surface area (Å²) in [5.41, 5.74) is 0.00989. The van der Waals surface area contributed by atoms with Gasteiger partial charge in [-0.15, -0.1) is 0 Å². The Hall–Kier alpha value is -1.64. The zero-order valence-corrected chi connectivity index (χ0v) is 16.8. The number of ether oxygens (including phenoxy) is 2. The number of nitrogens with one attached hydrogen (secondary N) is 1. The lowest BCUT2D eigenvalue weighted by molar-refractivity contribution is -0.135. The first-order valence-electron chi connectivity index (χ1n) is 8.56. The number of nitrogens with zero attached hydrogens (tertiary/aromatic N) is 1. The van der Waals surface area contributed by atoms with Gasteiger partial charge in [-0.1, -0.05) is 17.7 Å². The van der Waals surface area contributed by atoms with Crippen molar-refractivity contribution in [2.75, 3.05) is 33.1 Å². The van der Waals surface area contributed by atoms with Gasteiger partial charge in [0.1, 0.15) is 5.75 Å². The van der Waals surface area contributed by atoms with Crippen LogP contribution in [-0.2, 0) is 19.6 Å². The molecule has 1 amide bonds. The summed E-state index contributed by atoms with van der Waals surface area (Å²) in [6.45, 7) is 5.94. The van der Waals surface area contributed by atoms with Crippen LogP contribution in [0.25, 0.3) is 0 Å². The lowest BCUT2D eigenvalue weighted by Crippen LogP contribution is -2.52. The Kier molecular flexibility index (Phi) is 6.31. The van der Waals surface area contributed by atoms with E-state index in [4.69, 9.17) is 9.47 Å². The first-order chi connectivity index (χ1) is 12.0. The molecule has 2 rings (SSSR count). The number of sulfonamides is 1. The molecule has 1 aliphatic rings. The summed E-state index contributed by atoms with van der Waals surface area (Å²) in [6.07, 6.45) is 0. The smallest absolute Gasteiger partial charge is 0.263 e. The van der Waals surface area contributed by atoms with Gasteiger partial charge in [-0.3, -0.25) is 4.79 Å². The molecule has 0 unspecified atom stereocenters. The van der Waals surface area contributed by atoms with Gasteiger partial charge < -0.3 is 14.8 Å². The molecule has 1 saturated heterocycles. The van der Waals surface area contributed by atoms with E-state index in [0.717, 1.165) is 5.56 Å². The summed E-state index contributed by atoms with van der Waals surface area (Å²) in [4.78, 5) is 12.7. The van der Waals surface area contributed by atoms with E-state index >= 15 is 0 Å². The van der Waals surface area contributed by atoms with E-state index in [1.165, 1.54) is 18.4 Å². The quantitative estimate of drug-likeness (QED) is 0.763. The van der Waals surface area contributed by atoms with Crippen LogP contribution in [0.15, 0.2) is 24.3 Å². The number of aryl methyl sites for hydroxylation is 1. The number of rotatable bonds is 7. The summed E-state index contributed by atoms with van der Waals surface area (Å²) in [6, 6.07) is 7.09. The maximum Gasteiger partial charge on any atom is 0.263 e. The van der Waals surface area contributed by atoms with E-state index in [1.807, 2.05) is 31.2 Å². The fraction of sp³-hybridized carbons (Fsp3) is 0.611. The minimum Gasteiger partial charge on any atom is -0.478 e. The molecule has 8 heteroatoms. The van der Waals surface area contributed by atoms with Crippen LogP contribution in [0.5, 0.6) is 5.75 Å². The molecular formula is C18H28N2O5S. The molecule has 2 atom stereocenters. The van der Waals surface area contributed by atoms with Crippen LogP contribution in [-0.4, -0.2) is 63.3 Å². The molecule has 26 heavy (non-hydrogen) atoms. The first-order valence-corrected chi connectivity index (χ1v) is 10.2. The molecule has 0 radical (unpaired) electrons. The van der Waals surface area contributed by atoms with Gasteiger partial charge >= 0.3 is 0 Å². The van der Waals surface area contributed by atoms with Crippen LogP contribution in [0.3, 0.4) is 0 Å². The Morgan fingerprint density at radius 1 is 1.27 bits per heavy atom. The highest BCUT2D eigenvalue weighted by Crippen LogP contribution is 2.22. The van der Waals surface area contributed by atoms with Crippen LogP contribution >= 0.6 is 0 Å². The molecule has 0 saturated carbocycles. The normalized spacial score (nSPS) is 21.0. The van der Waals surface area contributed by atoms with Crippen molar-refractivity contribution in [1.82, 2.24) is 9.62 Å². The van der Waals surface area contributed by atoms with Crippen molar-refractivity contribution < 1.29 is 22.7 Å². The minimum atomic E-state index is -3.37. The number of amides is 1. The minimum absolute atomic E-state index is 0.0653. The molecule has 1 N–H and O–H groups in total. The third kappa shape index (κ3) is 5.18. The highest BCUT2D eigenvalue weighted by Gasteiger charge is 2.38. The third-order valence-electron chi connectivity index (χ3n) is 4.44. The van der Waals surface area contributed by atoms with Crippen molar-refractivity contribution in [2.24, 2.45) is 5.92 Å². The SMILES string of the molecule is Cc1ccc(OC(C)(C)C(=O)N[C@@H]2COC[C@H]2CS(=O)(=O)N(C)C)cc1. The predicted octanol–water partition coefficient (Wildman–Crippen LogP) is 1.18. The summed E-state index contributed by atoms with van der Waals surface area (Å²) in [7, 11) is -0.373. The lowest BCUT2D eigenvalue weighted by Gasteiger charge is -2.28. The first kappa shape index (κ1) is 20.7. The molecule has 0 aromatic heterocycles. The van der Waals surface area contributed by atoms with Crippen molar-refractivity contribution in [3.05, 3.63) is 29.8 Å². The van der Waals surface area contributed by atoms with Gasteiger partial charge in [-0.05, 0) is 32.9 Å². The molecule has 7 nitrogen and oxygen atoms in total. The highest BCUT2D eigenvalue weighted by atomic mass is 32.2. The van der Waals surface area contributed by atoms with E-state index in [1.54, 1.807) is 13.8 Å². The second kappa shape index (κ2) is 7.94. The van der Waals surface area contributed by atoms with Crippen LogP contribution in [0.1, 0.15) is 19.4 Å². The van der Waals surface area contributed by atoms with E-state index in [2.05, 4.69) is 5.32 Å². The van der Waals surface area contributed by atoms with Gasteiger partial charge in [0.2, 0.25) is 10.0 Å². The maximum atomic E-state index is 12.7. The van der Waals surface area contributed by atoms with Crippen molar-refractivity contribution in [2.45, 2.75) is 32.4 Å². The number of hydrogen-bond donors (Lipinski definition) is 1. The molecule has 1 heterocycles. The van der Waals surface area contributed by atoms with Gasteiger partial charge in [0.05, 0.1) is 25.0 Å². The lowest BCUT2D eigenvalue weighted by atomic mass is 10.0. The zero-order chi connectivity index (χ0) is 19.5. The van der Waals surface area contributed by atoms with E-state index < -0.39 is 15.6 Å². The summed E-state index contributed by atoms with van der Waals surface area (Å²) in [5, 5.41) is 2.89. The monoisotopic (exact) mass is 384 g/mol. The molecule has 1 fully saturated rings. The Bertz CT molecular complexity index is 728. The molecule has 146 valence electrons. The van der Waals surface area contributed by atoms with Crippen molar-refractivity contribution in [3.8, 4) is 5.75 Å². The van der Waals surface area contributed by atoms with Crippen LogP contribution in [0.4, 0.5) is 0 Å². The topological polar surface area (TPSA) is 84.9 Å². The third-order valence-corrected chi connectivity index (χ3v) is 6.40. The van der Waals surface area contributed by atoms with Crippen LogP contribution in [0, 0.1) is 12.8 Å². The maximum absolute atomic E-state index is 12.7. The van der Waals surface area contributed by atoms with Crippen LogP contribution in [0.2, 0.25) is 0 Å². The molecule has 1 aromatic rings. The molecule has 1 aromatic carbocycles.